The highest BCUT2D eigenvalue weighted by Gasteiger charge is 2.52. The van der Waals surface area contributed by atoms with Crippen molar-refractivity contribution >= 4 is 25.6 Å². The van der Waals surface area contributed by atoms with E-state index in [-0.39, 0.29) is 13.2 Å². The highest BCUT2D eigenvalue weighted by molar-refractivity contribution is 6.56. The lowest BCUT2D eigenvalue weighted by Crippen LogP contribution is -2.41. The summed E-state index contributed by atoms with van der Waals surface area (Å²) in [5.74, 6) is 0.852. The van der Waals surface area contributed by atoms with Gasteiger partial charge in [-0.05, 0) is 50.9 Å². The first-order valence-electron chi connectivity index (χ1n) is 11.3. The summed E-state index contributed by atoms with van der Waals surface area (Å²) in [5.41, 5.74) is 1.32. The Hall–Kier alpha value is -3.30. The lowest BCUT2D eigenvalue weighted by atomic mass is 9.76. The van der Waals surface area contributed by atoms with Crippen molar-refractivity contribution in [1.29, 1.82) is 0 Å². The topological polar surface area (TPSA) is 92.3 Å². The Morgan fingerprint density at radius 3 is 2.26 bits per heavy atom. The molecule has 0 aromatic heterocycles. The van der Waals surface area contributed by atoms with Gasteiger partial charge >= 0.3 is 13.2 Å². The van der Waals surface area contributed by atoms with Gasteiger partial charge in [0.1, 0.15) is 12.9 Å². The molecule has 1 amide bonds. The molecule has 2 aromatic carbocycles. The van der Waals surface area contributed by atoms with Crippen LogP contribution in [-0.2, 0) is 20.7 Å². The van der Waals surface area contributed by atoms with Crippen LogP contribution in [-0.4, -0.2) is 51.5 Å². The molecule has 0 atom stereocenters. The van der Waals surface area contributed by atoms with Crippen molar-refractivity contribution in [3.8, 4) is 11.5 Å². The predicted molar refractivity (Wildman–Crippen MR) is 134 cm³/mol. The van der Waals surface area contributed by atoms with E-state index in [0.717, 1.165) is 11.8 Å². The van der Waals surface area contributed by atoms with Crippen LogP contribution in [0.15, 0.2) is 47.9 Å². The van der Waals surface area contributed by atoms with Gasteiger partial charge in [-0.1, -0.05) is 36.4 Å². The quantitative estimate of drug-likeness (QED) is 0.418. The SMILES string of the molecule is COc1cc(C=O)cc(C=C(CNC(=O)OCc2ccccc2)B2OC(C)(C)C(C)(C)O2)c1OC. The Morgan fingerprint density at radius 1 is 1.03 bits per heavy atom. The van der Waals surface area contributed by atoms with Crippen LogP contribution in [0.4, 0.5) is 4.79 Å². The van der Waals surface area contributed by atoms with Crippen LogP contribution >= 0.6 is 0 Å². The molecule has 1 aliphatic heterocycles. The van der Waals surface area contributed by atoms with Crippen molar-refractivity contribution < 1.29 is 33.1 Å². The molecule has 0 radical (unpaired) electrons. The second kappa shape index (κ2) is 11.0. The summed E-state index contributed by atoms with van der Waals surface area (Å²) in [6.45, 7) is 8.02. The van der Waals surface area contributed by atoms with E-state index < -0.39 is 24.4 Å². The zero-order valence-electron chi connectivity index (χ0n) is 21.0. The Morgan fingerprint density at radius 2 is 1.69 bits per heavy atom. The monoisotopic (exact) mass is 481 g/mol. The molecule has 0 spiro atoms. The van der Waals surface area contributed by atoms with Gasteiger partial charge in [0.2, 0.25) is 0 Å². The molecule has 1 heterocycles. The fourth-order valence-corrected chi connectivity index (χ4v) is 3.54. The molecule has 2 aromatic rings. The lowest BCUT2D eigenvalue weighted by Gasteiger charge is -2.32. The van der Waals surface area contributed by atoms with Crippen LogP contribution in [0.1, 0.15) is 49.2 Å². The molecule has 8 nitrogen and oxygen atoms in total. The summed E-state index contributed by atoms with van der Waals surface area (Å²) in [6, 6.07) is 12.7. The van der Waals surface area contributed by atoms with Gasteiger partial charge in [-0.2, -0.15) is 0 Å². The number of hydrogen-bond acceptors (Lipinski definition) is 7. The van der Waals surface area contributed by atoms with Crippen molar-refractivity contribution in [3.05, 3.63) is 64.6 Å². The molecule has 1 N–H and O–H groups in total. The fraction of sp³-hybridized carbons (Fsp3) is 0.385. The summed E-state index contributed by atoms with van der Waals surface area (Å²) in [6.07, 6.45) is 1.92. The predicted octanol–water partition coefficient (Wildman–Crippen LogP) is 4.46. The number of hydrogen-bond donors (Lipinski definition) is 1. The van der Waals surface area contributed by atoms with Gasteiger partial charge < -0.3 is 28.8 Å². The number of ether oxygens (including phenoxy) is 3. The second-order valence-corrected chi connectivity index (χ2v) is 9.19. The Bertz CT molecular complexity index is 1070. The molecular weight excluding hydrogens is 449 g/mol. The highest BCUT2D eigenvalue weighted by Crippen LogP contribution is 2.40. The molecule has 0 saturated carbocycles. The van der Waals surface area contributed by atoms with Crippen molar-refractivity contribution in [2.75, 3.05) is 20.8 Å². The maximum Gasteiger partial charge on any atom is 0.492 e. The van der Waals surface area contributed by atoms with E-state index in [0.29, 0.717) is 28.1 Å². The highest BCUT2D eigenvalue weighted by atomic mass is 16.7. The van der Waals surface area contributed by atoms with E-state index in [4.69, 9.17) is 23.5 Å². The molecule has 1 aliphatic rings. The molecule has 9 heteroatoms. The number of benzene rings is 2. The molecule has 0 aliphatic carbocycles. The number of carbonyl (C=O) groups excluding carboxylic acids is 2. The van der Waals surface area contributed by atoms with E-state index >= 15 is 0 Å². The molecule has 1 saturated heterocycles. The second-order valence-electron chi connectivity index (χ2n) is 9.19. The van der Waals surface area contributed by atoms with Gasteiger partial charge in [0.15, 0.2) is 11.5 Å². The molecule has 0 unspecified atom stereocenters. The summed E-state index contributed by atoms with van der Waals surface area (Å²) < 4.78 is 28.7. The number of methoxy groups -OCH3 is 2. The van der Waals surface area contributed by atoms with Crippen molar-refractivity contribution in [1.82, 2.24) is 5.32 Å². The normalized spacial score (nSPS) is 16.5. The van der Waals surface area contributed by atoms with Gasteiger partial charge in [0.25, 0.3) is 0 Å². The first kappa shape index (κ1) is 26.3. The van der Waals surface area contributed by atoms with Gasteiger partial charge in [0, 0.05) is 17.7 Å². The average molecular weight is 481 g/mol. The Labute approximate surface area is 206 Å². The molecule has 186 valence electrons. The molecule has 1 fully saturated rings. The first-order chi connectivity index (χ1) is 16.6. The van der Waals surface area contributed by atoms with E-state index in [1.54, 1.807) is 18.2 Å². The fourth-order valence-electron chi connectivity index (χ4n) is 3.54. The van der Waals surface area contributed by atoms with E-state index in [1.165, 1.54) is 14.2 Å². The third-order valence-electron chi connectivity index (χ3n) is 6.21. The van der Waals surface area contributed by atoms with Crippen molar-refractivity contribution in [2.45, 2.75) is 45.5 Å². The number of alkyl carbamates (subject to hydrolysis) is 1. The van der Waals surface area contributed by atoms with Crippen molar-refractivity contribution in [3.63, 3.8) is 0 Å². The van der Waals surface area contributed by atoms with E-state index in [2.05, 4.69) is 5.32 Å². The summed E-state index contributed by atoms with van der Waals surface area (Å²) in [5, 5.41) is 2.77. The smallest absolute Gasteiger partial charge is 0.492 e. The summed E-state index contributed by atoms with van der Waals surface area (Å²) in [7, 11) is 2.27. The largest absolute Gasteiger partial charge is 0.493 e. The van der Waals surface area contributed by atoms with Gasteiger partial charge in [0.05, 0.1) is 25.4 Å². The Kier molecular flexibility index (Phi) is 8.24. The minimum absolute atomic E-state index is 0.0846. The van der Waals surface area contributed by atoms with Crippen LogP contribution in [0.3, 0.4) is 0 Å². The lowest BCUT2D eigenvalue weighted by molar-refractivity contribution is 0.00578. The van der Waals surface area contributed by atoms with Crippen LogP contribution in [0.2, 0.25) is 0 Å². The average Bonchev–Trinajstić information content (AvgIpc) is 3.06. The van der Waals surface area contributed by atoms with Gasteiger partial charge in [-0.3, -0.25) is 4.79 Å². The van der Waals surface area contributed by atoms with Crippen LogP contribution in [0.5, 0.6) is 11.5 Å². The first-order valence-corrected chi connectivity index (χ1v) is 11.3. The molecule has 35 heavy (non-hydrogen) atoms. The third-order valence-corrected chi connectivity index (χ3v) is 6.21. The minimum Gasteiger partial charge on any atom is -0.493 e. The van der Waals surface area contributed by atoms with Crippen LogP contribution in [0, 0.1) is 0 Å². The van der Waals surface area contributed by atoms with E-state index in [9.17, 15) is 9.59 Å². The number of aldehydes is 1. The molecular formula is C26H32BNO7. The number of rotatable bonds is 9. The van der Waals surface area contributed by atoms with Gasteiger partial charge in [-0.25, -0.2) is 4.79 Å². The Balaban J connectivity index is 1.88. The molecule has 0 bridgehead atoms. The minimum atomic E-state index is -0.745. The van der Waals surface area contributed by atoms with Gasteiger partial charge in [-0.15, -0.1) is 0 Å². The number of nitrogens with one attached hydrogen (secondary N) is 1. The number of carbonyl (C=O) groups is 2. The standard InChI is InChI=1S/C26H32BNO7/c1-25(2)26(3,4)35-27(34-25)21(15-28-24(30)33-17-18-10-8-7-9-11-18)14-20-12-19(16-29)13-22(31-5)23(20)32-6/h7-14,16H,15,17H2,1-6H3,(H,28,30). The van der Waals surface area contributed by atoms with Crippen molar-refractivity contribution in [2.24, 2.45) is 0 Å². The number of amides is 1. The zero-order valence-corrected chi connectivity index (χ0v) is 21.0. The van der Waals surface area contributed by atoms with Crippen LogP contribution in [0.25, 0.3) is 6.08 Å². The maximum atomic E-state index is 12.4. The van der Waals surface area contributed by atoms with Crippen LogP contribution < -0.4 is 14.8 Å². The maximum absolute atomic E-state index is 12.4. The summed E-state index contributed by atoms with van der Waals surface area (Å²) in [4.78, 5) is 23.9. The summed E-state index contributed by atoms with van der Waals surface area (Å²) >= 11 is 0. The molecule has 3 rings (SSSR count). The third kappa shape index (κ3) is 6.23. The van der Waals surface area contributed by atoms with E-state index in [1.807, 2.05) is 58.0 Å². The zero-order chi connectivity index (χ0) is 25.6.